The number of hydrogen-bond donors (Lipinski definition) is 0. The summed E-state index contributed by atoms with van der Waals surface area (Å²) in [6, 6.07) is 7.08. The van der Waals surface area contributed by atoms with Gasteiger partial charge in [-0.2, -0.15) is 0 Å². The summed E-state index contributed by atoms with van der Waals surface area (Å²) in [5, 5.41) is -1.26. The Kier molecular flexibility index (Phi) is 3.83. The molecule has 1 unspecified atom stereocenters. The van der Waals surface area contributed by atoms with E-state index in [9.17, 15) is 13.2 Å². The molecule has 0 saturated carbocycles. The summed E-state index contributed by atoms with van der Waals surface area (Å²) in [6.45, 7) is 0. The smallest absolute Gasteiger partial charge is 0.146 e. The van der Waals surface area contributed by atoms with Gasteiger partial charge in [-0.15, -0.1) is 11.6 Å². The molecule has 2 aromatic carbocycles. The summed E-state index contributed by atoms with van der Waals surface area (Å²) >= 11 is 11.6. The molecular formula is C13H7Cl2F3. The van der Waals surface area contributed by atoms with Gasteiger partial charge < -0.3 is 0 Å². The van der Waals surface area contributed by atoms with Crippen molar-refractivity contribution in [2.75, 3.05) is 0 Å². The first-order chi connectivity index (χ1) is 8.50. The highest BCUT2D eigenvalue weighted by Crippen LogP contribution is 2.34. The molecule has 2 aromatic rings. The predicted octanol–water partition coefficient (Wildman–Crippen LogP) is 5.09. The van der Waals surface area contributed by atoms with E-state index in [2.05, 4.69) is 0 Å². The quantitative estimate of drug-likeness (QED) is 0.676. The molecule has 0 nitrogen and oxygen atoms in total. The number of rotatable bonds is 2. The van der Waals surface area contributed by atoms with Gasteiger partial charge in [0.1, 0.15) is 17.5 Å². The fourth-order valence-electron chi connectivity index (χ4n) is 1.59. The SMILES string of the molecule is Fc1ccc(F)c(C(Cl)c2cccc(Cl)c2F)c1. The van der Waals surface area contributed by atoms with E-state index in [1.807, 2.05) is 0 Å². The zero-order chi connectivity index (χ0) is 13.3. The van der Waals surface area contributed by atoms with Crippen LogP contribution in [-0.4, -0.2) is 0 Å². The average molecular weight is 291 g/mol. The van der Waals surface area contributed by atoms with Crippen LogP contribution in [0.5, 0.6) is 0 Å². The number of alkyl halides is 1. The average Bonchev–Trinajstić information content (AvgIpc) is 2.35. The third-order valence-corrected chi connectivity index (χ3v) is 3.25. The first-order valence-corrected chi connectivity index (χ1v) is 5.85. The Labute approximate surface area is 112 Å². The van der Waals surface area contributed by atoms with Crippen molar-refractivity contribution in [3.05, 3.63) is 70.0 Å². The van der Waals surface area contributed by atoms with Crippen LogP contribution in [0.25, 0.3) is 0 Å². The molecular weight excluding hydrogens is 284 g/mol. The molecule has 0 aromatic heterocycles. The molecule has 0 aliphatic rings. The van der Waals surface area contributed by atoms with Gasteiger partial charge in [-0.3, -0.25) is 0 Å². The highest BCUT2D eigenvalue weighted by molar-refractivity contribution is 6.31. The van der Waals surface area contributed by atoms with Crippen LogP contribution in [0.4, 0.5) is 13.2 Å². The Morgan fingerprint density at radius 2 is 1.67 bits per heavy atom. The van der Waals surface area contributed by atoms with Gasteiger partial charge >= 0.3 is 0 Å². The Balaban J connectivity index is 2.51. The molecule has 2 rings (SSSR count). The van der Waals surface area contributed by atoms with Crippen molar-refractivity contribution in [1.29, 1.82) is 0 Å². The van der Waals surface area contributed by atoms with E-state index in [4.69, 9.17) is 23.2 Å². The van der Waals surface area contributed by atoms with Gasteiger partial charge in [0.25, 0.3) is 0 Å². The number of halogens is 5. The Morgan fingerprint density at radius 3 is 2.39 bits per heavy atom. The standard InChI is InChI=1S/C13H7Cl2F3/c14-10-3-1-2-8(13(10)18)12(15)9-6-7(16)4-5-11(9)17/h1-6,12H. The molecule has 5 heteroatoms. The lowest BCUT2D eigenvalue weighted by Crippen LogP contribution is -2.01. The molecule has 94 valence electrons. The normalized spacial score (nSPS) is 12.5. The van der Waals surface area contributed by atoms with Crippen molar-refractivity contribution in [3.8, 4) is 0 Å². The van der Waals surface area contributed by atoms with E-state index in [0.717, 1.165) is 18.2 Å². The molecule has 18 heavy (non-hydrogen) atoms. The van der Waals surface area contributed by atoms with Crippen molar-refractivity contribution in [2.24, 2.45) is 0 Å². The minimum Gasteiger partial charge on any atom is -0.207 e. The van der Waals surface area contributed by atoms with E-state index in [1.54, 1.807) is 0 Å². The molecule has 0 aliphatic carbocycles. The fourth-order valence-corrected chi connectivity index (χ4v) is 2.11. The van der Waals surface area contributed by atoms with Gasteiger partial charge in [0.05, 0.1) is 10.4 Å². The highest BCUT2D eigenvalue weighted by atomic mass is 35.5. The van der Waals surface area contributed by atoms with Gasteiger partial charge in [0, 0.05) is 11.1 Å². The molecule has 0 radical (unpaired) electrons. The van der Waals surface area contributed by atoms with E-state index < -0.39 is 22.8 Å². The lowest BCUT2D eigenvalue weighted by Gasteiger charge is -2.13. The van der Waals surface area contributed by atoms with E-state index >= 15 is 0 Å². The van der Waals surface area contributed by atoms with Crippen molar-refractivity contribution < 1.29 is 13.2 Å². The van der Waals surface area contributed by atoms with E-state index in [1.165, 1.54) is 18.2 Å². The monoisotopic (exact) mass is 290 g/mol. The summed E-state index contributed by atoms with van der Waals surface area (Å²) in [5.41, 5.74) is -0.119. The maximum atomic E-state index is 13.7. The van der Waals surface area contributed by atoms with Gasteiger partial charge in [0.2, 0.25) is 0 Å². The summed E-state index contributed by atoms with van der Waals surface area (Å²) in [4.78, 5) is 0. The summed E-state index contributed by atoms with van der Waals surface area (Å²) < 4.78 is 40.3. The molecule has 1 atom stereocenters. The Morgan fingerprint density at radius 1 is 0.944 bits per heavy atom. The molecule has 0 amide bonds. The van der Waals surface area contributed by atoms with Gasteiger partial charge in [0.15, 0.2) is 0 Å². The Bertz CT molecular complexity index is 582. The maximum absolute atomic E-state index is 13.7. The van der Waals surface area contributed by atoms with Crippen LogP contribution >= 0.6 is 23.2 Å². The molecule has 0 fully saturated rings. The molecule has 0 spiro atoms. The molecule has 0 N–H and O–H groups in total. The van der Waals surface area contributed by atoms with Gasteiger partial charge in [-0.25, -0.2) is 13.2 Å². The van der Waals surface area contributed by atoms with Crippen LogP contribution < -0.4 is 0 Å². The van der Waals surface area contributed by atoms with Crippen LogP contribution in [0.15, 0.2) is 36.4 Å². The van der Waals surface area contributed by atoms with Crippen molar-refractivity contribution in [3.63, 3.8) is 0 Å². The summed E-state index contributed by atoms with van der Waals surface area (Å²) in [7, 11) is 0. The van der Waals surface area contributed by atoms with Crippen LogP contribution in [0.2, 0.25) is 5.02 Å². The number of hydrogen-bond acceptors (Lipinski definition) is 0. The molecule has 0 saturated heterocycles. The van der Waals surface area contributed by atoms with Crippen LogP contribution in [0.1, 0.15) is 16.5 Å². The second-order valence-corrected chi connectivity index (χ2v) is 4.52. The summed E-state index contributed by atoms with van der Waals surface area (Å²) in [5.74, 6) is -2.07. The van der Waals surface area contributed by atoms with Gasteiger partial charge in [-0.05, 0) is 24.3 Å². The predicted molar refractivity (Wildman–Crippen MR) is 65.5 cm³/mol. The molecule has 0 aliphatic heterocycles. The largest absolute Gasteiger partial charge is 0.207 e. The highest BCUT2D eigenvalue weighted by Gasteiger charge is 2.20. The van der Waals surface area contributed by atoms with Crippen molar-refractivity contribution in [1.82, 2.24) is 0 Å². The van der Waals surface area contributed by atoms with E-state index in [0.29, 0.717) is 0 Å². The third-order valence-electron chi connectivity index (χ3n) is 2.49. The Hall–Kier alpha value is -1.19. The van der Waals surface area contributed by atoms with Crippen LogP contribution in [0.3, 0.4) is 0 Å². The second kappa shape index (κ2) is 5.21. The fraction of sp³-hybridized carbons (Fsp3) is 0.0769. The number of benzene rings is 2. The van der Waals surface area contributed by atoms with Crippen molar-refractivity contribution >= 4 is 23.2 Å². The zero-order valence-corrected chi connectivity index (χ0v) is 10.4. The van der Waals surface area contributed by atoms with Crippen LogP contribution in [0, 0.1) is 17.5 Å². The molecule has 0 bridgehead atoms. The first-order valence-electron chi connectivity index (χ1n) is 5.03. The first kappa shape index (κ1) is 13.2. The minimum absolute atomic E-state index is 0.00802. The van der Waals surface area contributed by atoms with Crippen LogP contribution in [-0.2, 0) is 0 Å². The van der Waals surface area contributed by atoms with Gasteiger partial charge in [-0.1, -0.05) is 23.7 Å². The van der Waals surface area contributed by atoms with Crippen molar-refractivity contribution in [2.45, 2.75) is 5.38 Å². The lowest BCUT2D eigenvalue weighted by molar-refractivity contribution is 0.580. The lowest BCUT2D eigenvalue weighted by atomic mass is 10.0. The topological polar surface area (TPSA) is 0 Å². The minimum atomic E-state index is -1.14. The third kappa shape index (κ3) is 2.47. The summed E-state index contributed by atoms with van der Waals surface area (Å²) in [6.07, 6.45) is 0. The zero-order valence-electron chi connectivity index (χ0n) is 8.93. The maximum Gasteiger partial charge on any atom is 0.146 e. The molecule has 0 heterocycles. The second-order valence-electron chi connectivity index (χ2n) is 3.67. The van der Waals surface area contributed by atoms with E-state index in [-0.39, 0.29) is 16.1 Å².